The first-order valence-electron chi connectivity index (χ1n) is 9.15. The maximum absolute atomic E-state index is 12.3. The highest BCUT2D eigenvalue weighted by Crippen LogP contribution is 2.23. The fourth-order valence-corrected chi connectivity index (χ4v) is 3.40. The summed E-state index contributed by atoms with van der Waals surface area (Å²) in [5.41, 5.74) is 3.92. The molecule has 0 saturated heterocycles. The number of hydrogen-bond acceptors (Lipinski definition) is 3. The van der Waals surface area contributed by atoms with Gasteiger partial charge >= 0.3 is 0 Å². The van der Waals surface area contributed by atoms with Gasteiger partial charge in [-0.3, -0.25) is 4.79 Å². The molecule has 2 aromatic rings. The second kappa shape index (κ2) is 8.71. The van der Waals surface area contributed by atoms with Crippen molar-refractivity contribution in [3.8, 4) is 0 Å². The summed E-state index contributed by atoms with van der Waals surface area (Å²) in [4.78, 5) is 12.4. The molecule has 150 valence electrons. The summed E-state index contributed by atoms with van der Waals surface area (Å²) in [5, 5.41) is 7.96. The third-order valence-electron chi connectivity index (χ3n) is 4.20. The van der Waals surface area contributed by atoms with Gasteiger partial charge in [-0.25, -0.2) is 13.6 Å². The molecule has 0 bridgehead atoms. The van der Waals surface area contributed by atoms with Crippen LogP contribution in [-0.4, -0.2) is 20.9 Å². The van der Waals surface area contributed by atoms with E-state index in [9.17, 15) is 13.2 Å². The Kier molecular flexibility index (Phi) is 6.80. The molecule has 0 saturated carbocycles. The van der Waals surface area contributed by atoms with Gasteiger partial charge in [-0.15, -0.1) is 0 Å². The SMILES string of the molecule is CC(=CC(C)(C)C)c1ccc(C(=O)NCCc2ccc(S(N)(=O)=O)cc2)cc1. The zero-order valence-electron chi connectivity index (χ0n) is 16.8. The molecule has 0 aliphatic rings. The van der Waals surface area contributed by atoms with Gasteiger partial charge in [-0.05, 0) is 59.7 Å². The van der Waals surface area contributed by atoms with E-state index in [0.717, 1.165) is 11.1 Å². The van der Waals surface area contributed by atoms with E-state index in [2.05, 4.69) is 39.1 Å². The van der Waals surface area contributed by atoms with Crippen molar-refractivity contribution in [2.24, 2.45) is 10.6 Å². The van der Waals surface area contributed by atoms with E-state index in [1.165, 1.54) is 17.7 Å². The highest BCUT2D eigenvalue weighted by molar-refractivity contribution is 7.89. The second-order valence-electron chi connectivity index (χ2n) is 7.97. The van der Waals surface area contributed by atoms with Gasteiger partial charge in [-0.2, -0.15) is 0 Å². The maximum atomic E-state index is 12.3. The summed E-state index contributed by atoms with van der Waals surface area (Å²) < 4.78 is 22.5. The average Bonchev–Trinajstić information content (AvgIpc) is 2.60. The lowest BCUT2D eigenvalue weighted by Gasteiger charge is -2.14. The largest absolute Gasteiger partial charge is 0.352 e. The molecule has 2 rings (SSSR count). The molecule has 0 fully saturated rings. The van der Waals surface area contributed by atoms with E-state index in [-0.39, 0.29) is 16.2 Å². The molecule has 0 aromatic heterocycles. The zero-order valence-corrected chi connectivity index (χ0v) is 17.6. The topological polar surface area (TPSA) is 89.3 Å². The number of carbonyl (C=O) groups is 1. The molecule has 1 amide bonds. The summed E-state index contributed by atoms with van der Waals surface area (Å²) >= 11 is 0. The number of sulfonamides is 1. The Hall–Kier alpha value is -2.44. The number of benzene rings is 2. The van der Waals surface area contributed by atoms with Crippen LogP contribution in [0, 0.1) is 5.41 Å². The van der Waals surface area contributed by atoms with Crippen LogP contribution in [0.4, 0.5) is 0 Å². The van der Waals surface area contributed by atoms with Crippen molar-refractivity contribution < 1.29 is 13.2 Å². The number of nitrogens with two attached hydrogens (primary N) is 1. The molecule has 0 atom stereocenters. The van der Waals surface area contributed by atoms with Crippen molar-refractivity contribution in [3.05, 3.63) is 71.3 Å². The number of nitrogens with one attached hydrogen (secondary N) is 1. The molecule has 0 unspecified atom stereocenters. The summed E-state index contributed by atoms with van der Waals surface area (Å²) in [5.74, 6) is -0.134. The van der Waals surface area contributed by atoms with Crippen molar-refractivity contribution in [1.29, 1.82) is 0 Å². The molecular formula is C22H28N2O3S. The molecule has 6 heteroatoms. The van der Waals surface area contributed by atoms with E-state index in [1.54, 1.807) is 12.1 Å². The number of primary sulfonamides is 1. The highest BCUT2D eigenvalue weighted by atomic mass is 32.2. The number of hydrogen-bond donors (Lipinski definition) is 2. The van der Waals surface area contributed by atoms with Crippen LogP contribution in [0.1, 0.15) is 49.2 Å². The molecule has 0 aliphatic carbocycles. The van der Waals surface area contributed by atoms with E-state index in [0.29, 0.717) is 18.5 Å². The van der Waals surface area contributed by atoms with Gasteiger partial charge < -0.3 is 5.32 Å². The number of allylic oxidation sites excluding steroid dienone is 2. The lowest BCUT2D eigenvalue weighted by atomic mass is 9.91. The highest BCUT2D eigenvalue weighted by Gasteiger charge is 2.10. The fourth-order valence-electron chi connectivity index (χ4n) is 2.89. The Morgan fingerprint density at radius 2 is 1.54 bits per heavy atom. The third-order valence-corrected chi connectivity index (χ3v) is 5.13. The van der Waals surface area contributed by atoms with E-state index in [1.807, 2.05) is 24.3 Å². The van der Waals surface area contributed by atoms with Gasteiger partial charge in [0.15, 0.2) is 0 Å². The molecule has 0 heterocycles. The first-order chi connectivity index (χ1) is 13.0. The summed E-state index contributed by atoms with van der Waals surface area (Å²) in [6.07, 6.45) is 2.81. The fraction of sp³-hybridized carbons (Fsp3) is 0.318. The van der Waals surface area contributed by atoms with Crippen LogP contribution in [0.3, 0.4) is 0 Å². The van der Waals surface area contributed by atoms with Crippen molar-refractivity contribution in [2.45, 2.75) is 39.0 Å². The minimum Gasteiger partial charge on any atom is -0.352 e. The van der Waals surface area contributed by atoms with Crippen LogP contribution in [0.5, 0.6) is 0 Å². The van der Waals surface area contributed by atoms with Gasteiger partial charge in [0.05, 0.1) is 4.90 Å². The van der Waals surface area contributed by atoms with E-state index in [4.69, 9.17) is 5.14 Å². The monoisotopic (exact) mass is 400 g/mol. The van der Waals surface area contributed by atoms with Crippen molar-refractivity contribution in [2.75, 3.05) is 6.54 Å². The van der Waals surface area contributed by atoms with Crippen LogP contribution in [-0.2, 0) is 16.4 Å². The molecular weight excluding hydrogens is 372 g/mol. The van der Waals surface area contributed by atoms with Crippen LogP contribution < -0.4 is 10.5 Å². The quantitative estimate of drug-likeness (QED) is 0.774. The Balaban J connectivity index is 1.92. The van der Waals surface area contributed by atoms with Crippen molar-refractivity contribution in [3.63, 3.8) is 0 Å². The lowest BCUT2D eigenvalue weighted by molar-refractivity contribution is 0.0954. The third kappa shape index (κ3) is 6.62. The van der Waals surface area contributed by atoms with Crippen LogP contribution in [0.15, 0.2) is 59.5 Å². The van der Waals surface area contributed by atoms with Gasteiger partial charge in [0.2, 0.25) is 10.0 Å². The average molecular weight is 401 g/mol. The first-order valence-corrected chi connectivity index (χ1v) is 10.7. The minimum atomic E-state index is -3.68. The van der Waals surface area contributed by atoms with Crippen LogP contribution in [0.2, 0.25) is 0 Å². The smallest absolute Gasteiger partial charge is 0.251 e. The molecule has 28 heavy (non-hydrogen) atoms. The Labute approximate surface area is 167 Å². The minimum absolute atomic E-state index is 0.0798. The second-order valence-corrected chi connectivity index (χ2v) is 9.53. The van der Waals surface area contributed by atoms with Crippen LogP contribution >= 0.6 is 0 Å². The molecule has 2 aromatic carbocycles. The van der Waals surface area contributed by atoms with Gasteiger partial charge in [0.1, 0.15) is 0 Å². The summed E-state index contributed by atoms with van der Waals surface area (Å²) in [6.45, 7) is 8.99. The van der Waals surface area contributed by atoms with Crippen LogP contribution in [0.25, 0.3) is 5.57 Å². The summed E-state index contributed by atoms with van der Waals surface area (Å²) in [7, 11) is -3.68. The number of carbonyl (C=O) groups excluding carboxylic acids is 1. The predicted octanol–water partition coefficient (Wildman–Crippen LogP) is 3.76. The Morgan fingerprint density at radius 3 is 2.04 bits per heavy atom. The normalized spacial score (nSPS) is 12.7. The van der Waals surface area contributed by atoms with E-state index < -0.39 is 10.0 Å². The molecule has 5 nitrogen and oxygen atoms in total. The molecule has 3 N–H and O–H groups in total. The Morgan fingerprint density at radius 1 is 1.00 bits per heavy atom. The molecule has 0 spiro atoms. The van der Waals surface area contributed by atoms with Crippen molar-refractivity contribution >= 4 is 21.5 Å². The predicted molar refractivity (Wildman–Crippen MR) is 113 cm³/mol. The molecule has 0 aliphatic heterocycles. The van der Waals surface area contributed by atoms with E-state index >= 15 is 0 Å². The van der Waals surface area contributed by atoms with Gasteiger partial charge in [0, 0.05) is 12.1 Å². The summed E-state index contributed by atoms with van der Waals surface area (Å²) in [6, 6.07) is 13.9. The van der Waals surface area contributed by atoms with Gasteiger partial charge in [-0.1, -0.05) is 51.1 Å². The lowest BCUT2D eigenvalue weighted by Crippen LogP contribution is -2.25. The number of amides is 1. The zero-order chi connectivity index (χ0) is 20.9. The standard InChI is InChI=1S/C22H28N2O3S/c1-16(15-22(2,3)4)18-7-9-19(10-8-18)21(25)24-14-13-17-5-11-20(12-6-17)28(23,26)27/h5-12,15H,13-14H2,1-4H3,(H,24,25)(H2,23,26,27). The first kappa shape index (κ1) is 21.9. The maximum Gasteiger partial charge on any atom is 0.251 e. The molecule has 0 radical (unpaired) electrons. The Bertz CT molecular complexity index is 952. The van der Waals surface area contributed by atoms with Crippen molar-refractivity contribution in [1.82, 2.24) is 5.32 Å². The number of rotatable bonds is 6. The van der Waals surface area contributed by atoms with Gasteiger partial charge in [0.25, 0.3) is 5.91 Å².